The third-order valence-corrected chi connectivity index (χ3v) is 8.94. The second kappa shape index (κ2) is 5.59. The molecule has 0 amide bonds. The van der Waals surface area contributed by atoms with Crippen molar-refractivity contribution >= 4 is 8.32 Å². The molecule has 1 fully saturated rings. The van der Waals surface area contributed by atoms with Crippen LogP contribution < -0.4 is 0 Å². The molecule has 0 aromatic carbocycles. The largest absolute Gasteiger partial charge is 0.403 e. The minimum Gasteiger partial charge on any atom is -0.403 e. The van der Waals surface area contributed by atoms with E-state index >= 15 is 0 Å². The van der Waals surface area contributed by atoms with Crippen LogP contribution in [0.2, 0.25) is 18.1 Å². The highest BCUT2D eigenvalue weighted by atomic mass is 28.4. The van der Waals surface area contributed by atoms with Gasteiger partial charge in [0, 0.05) is 0 Å². The van der Waals surface area contributed by atoms with Gasteiger partial charge >= 0.3 is 0 Å². The van der Waals surface area contributed by atoms with Gasteiger partial charge in [0.2, 0.25) is 0 Å². The molecule has 0 spiro atoms. The fourth-order valence-electron chi connectivity index (χ4n) is 2.23. The molecule has 1 aliphatic rings. The minimum atomic E-state index is -1.70. The molecule has 0 bridgehead atoms. The van der Waals surface area contributed by atoms with Gasteiger partial charge in [-0.3, -0.25) is 0 Å². The summed E-state index contributed by atoms with van der Waals surface area (Å²) in [4.78, 5) is 0. The lowest BCUT2D eigenvalue weighted by Crippen LogP contribution is -2.44. The van der Waals surface area contributed by atoms with Crippen LogP contribution in [0, 0.1) is 18.3 Å². The van der Waals surface area contributed by atoms with E-state index in [1.54, 1.807) is 0 Å². The van der Waals surface area contributed by atoms with Crippen molar-refractivity contribution in [2.24, 2.45) is 5.92 Å². The standard InChI is InChI=1S/C15H28OSi/c1-7-14(12-13-10-8-9-11-13)16-17(5,6)15(2,3)4/h1,13-14H,8-12H2,2-6H3/t14-/m1/s1. The van der Waals surface area contributed by atoms with E-state index in [1.165, 1.54) is 25.7 Å². The Hall–Kier alpha value is -0.263. The van der Waals surface area contributed by atoms with Crippen molar-refractivity contribution in [1.82, 2.24) is 0 Å². The van der Waals surface area contributed by atoms with Gasteiger partial charge in [-0.25, -0.2) is 0 Å². The quantitative estimate of drug-likeness (QED) is 0.525. The van der Waals surface area contributed by atoms with Gasteiger partial charge in [0.15, 0.2) is 8.32 Å². The lowest BCUT2D eigenvalue weighted by molar-refractivity contribution is 0.200. The van der Waals surface area contributed by atoms with Crippen molar-refractivity contribution in [3.05, 3.63) is 0 Å². The lowest BCUT2D eigenvalue weighted by Gasteiger charge is -2.38. The Labute approximate surface area is 108 Å². The fraction of sp³-hybridized carbons (Fsp3) is 0.867. The van der Waals surface area contributed by atoms with Gasteiger partial charge in [0.25, 0.3) is 0 Å². The molecule has 1 nitrogen and oxygen atoms in total. The van der Waals surface area contributed by atoms with Gasteiger partial charge in [-0.15, -0.1) is 6.42 Å². The average Bonchev–Trinajstić information content (AvgIpc) is 2.67. The van der Waals surface area contributed by atoms with E-state index in [2.05, 4.69) is 39.8 Å². The summed E-state index contributed by atoms with van der Waals surface area (Å²) in [5.41, 5.74) is 0. The highest BCUT2D eigenvalue weighted by molar-refractivity contribution is 6.74. The van der Waals surface area contributed by atoms with Gasteiger partial charge in [-0.2, -0.15) is 0 Å². The van der Waals surface area contributed by atoms with Gasteiger partial charge in [0.1, 0.15) is 6.10 Å². The third-order valence-electron chi connectivity index (χ3n) is 4.45. The molecule has 1 saturated carbocycles. The van der Waals surface area contributed by atoms with Gasteiger partial charge in [0.05, 0.1) is 0 Å². The molecule has 0 aliphatic heterocycles. The molecule has 17 heavy (non-hydrogen) atoms. The normalized spacial score (nSPS) is 20.2. The van der Waals surface area contributed by atoms with Crippen LogP contribution in [0.15, 0.2) is 0 Å². The SMILES string of the molecule is C#C[C@H](CC1CCCC1)O[Si](C)(C)C(C)(C)C. The van der Waals surface area contributed by atoms with E-state index in [4.69, 9.17) is 10.8 Å². The van der Waals surface area contributed by atoms with E-state index in [0.717, 1.165) is 12.3 Å². The molecular formula is C15H28OSi. The Morgan fingerprint density at radius 3 is 2.24 bits per heavy atom. The van der Waals surface area contributed by atoms with Crippen LogP contribution in [-0.2, 0) is 4.43 Å². The van der Waals surface area contributed by atoms with Crippen molar-refractivity contribution in [3.8, 4) is 12.3 Å². The summed E-state index contributed by atoms with van der Waals surface area (Å²) in [6.45, 7) is 11.4. The van der Waals surface area contributed by atoms with Crippen molar-refractivity contribution < 1.29 is 4.43 Å². The molecule has 0 unspecified atom stereocenters. The molecule has 0 saturated heterocycles. The number of terminal acetylenes is 1. The summed E-state index contributed by atoms with van der Waals surface area (Å²) in [5, 5.41) is 0.248. The highest BCUT2D eigenvalue weighted by Crippen LogP contribution is 2.38. The first-order chi connectivity index (χ1) is 7.76. The van der Waals surface area contributed by atoms with Crippen molar-refractivity contribution in [3.63, 3.8) is 0 Å². The van der Waals surface area contributed by atoms with Gasteiger partial charge in [-0.1, -0.05) is 52.4 Å². The Kier molecular flexibility index (Phi) is 4.86. The van der Waals surface area contributed by atoms with Crippen molar-refractivity contribution in [2.45, 2.75) is 77.1 Å². The summed E-state index contributed by atoms with van der Waals surface area (Å²) in [6.07, 6.45) is 12.2. The van der Waals surface area contributed by atoms with Crippen LogP contribution in [0.25, 0.3) is 0 Å². The summed E-state index contributed by atoms with van der Waals surface area (Å²) in [5.74, 6) is 3.68. The number of hydrogen-bond acceptors (Lipinski definition) is 1. The minimum absolute atomic E-state index is 0.0407. The summed E-state index contributed by atoms with van der Waals surface area (Å²) in [6, 6.07) is 0. The molecule has 0 aromatic rings. The van der Waals surface area contributed by atoms with Crippen LogP contribution in [0.4, 0.5) is 0 Å². The van der Waals surface area contributed by atoms with E-state index < -0.39 is 8.32 Å². The summed E-state index contributed by atoms with van der Waals surface area (Å²) >= 11 is 0. The van der Waals surface area contributed by atoms with Crippen molar-refractivity contribution in [2.75, 3.05) is 0 Å². The zero-order valence-electron chi connectivity index (χ0n) is 12.2. The van der Waals surface area contributed by atoms with E-state index in [1.807, 2.05) is 0 Å². The first-order valence-electron chi connectivity index (χ1n) is 6.90. The second-order valence-electron chi connectivity index (χ2n) is 6.92. The monoisotopic (exact) mass is 252 g/mol. The molecule has 0 radical (unpaired) electrons. The Balaban J connectivity index is 2.54. The summed E-state index contributed by atoms with van der Waals surface area (Å²) in [7, 11) is -1.70. The lowest BCUT2D eigenvalue weighted by atomic mass is 10.0. The van der Waals surface area contributed by atoms with Crippen LogP contribution >= 0.6 is 0 Å². The molecular weight excluding hydrogens is 224 g/mol. The zero-order chi connectivity index (χ0) is 13.1. The van der Waals surface area contributed by atoms with Gasteiger partial charge in [-0.05, 0) is 30.5 Å². The maximum atomic E-state index is 6.32. The Bertz CT molecular complexity index is 276. The van der Waals surface area contributed by atoms with E-state index in [0.29, 0.717) is 0 Å². The average molecular weight is 252 g/mol. The van der Waals surface area contributed by atoms with Gasteiger partial charge < -0.3 is 4.43 Å². The molecule has 2 heteroatoms. The van der Waals surface area contributed by atoms with E-state index in [9.17, 15) is 0 Å². The molecule has 1 atom stereocenters. The molecule has 0 N–H and O–H groups in total. The zero-order valence-corrected chi connectivity index (χ0v) is 13.2. The third kappa shape index (κ3) is 4.15. The van der Waals surface area contributed by atoms with Crippen LogP contribution in [0.1, 0.15) is 52.9 Å². The smallest absolute Gasteiger partial charge is 0.193 e. The molecule has 0 heterocycles. The van der Waals surface area contributed by atoms with Crippen molar-refractivity contribution in [1.29, 1.82) is 0 Å². The Morgan fingerprint density at radius 2 is 1.82 bits per heavy atom. The second-order valence-corrected chi connectivity index (χ2v) is 11.7. The van der Waals surface area contributed by atoms with Crippen LogP contribution in [-0.4, -0.2) is 14.4 Å². The fourth-order valence-corrected chi connectivity index (χ4v) is 3.46. The molecule has 1 rings (SSSR count). The number of rotatable bonds is 4. The van der Waals surface area contributed by atoms with Crippen LogP contribution in [0.5, 0.6) is 0 Å². The topological polar surface area (TPSA) is 9.23 Å². The Morgan fingerprint density at radius 1 is 1.29 bits per heavy atom. The highest BCUT2D eigenvalue weighted by Gasteiger charge is 2.39. The first-order valence-corrected chi connectivity index (χ1v) is 9.81. The predicted molar refractivity (Wildman–Crippen MR) is 77.5 cm³/mol. The molecule has 0 aromatic heterocycles. The van der Waals surface area contributed by atoms with E-state index in [-0.39, 0.29) is 11.1 Å². The maximum absolute atomic E-state index is 6.32. The molecule has 98 valence electrons. The first kappa shape index (κ1) is 14.8. The number of hydrogen-bond donors (Lipinski definition) is 0. The maximum Gasteiger partial charge on any atom is 0.193 e. The van der Waals surface area contributed by atoms with Crippen LogP contribution in [0.3, 0.4) is 0 Å². The predicted octanol–water partition coefficient (Wildman–Crippen LogP) is 4.59. The molecule has 1 aliphatic carbocycles. The summed E-state index contributed by atoms with van der Waals surface area (Å²) < 4.78 is 6.32.